The Hall–Kier alpha value is -0.980. The Morgan fingerprint density at radius 2 is 2.10 bits per heavy atom. The minimum atomic E-state index is 0.0759. The van der Waals surface area contributed by atoms with Gasteiger partial charge in [0.15, 0.2) is 0 Å². The monoisotopic (exact) mass is 397 g/mol. The average Bonchev–Trinajstić information content (AvgIpc) is 2.72. The van der Waals surface area contributed by atoms with Crippen molar-refractivity contribution < 1.29 is 4.79 Å². The van der Waals surface area contributed by atoms with E-state index in [9.17, 15) is 4.79 Å². The third kappa shape index (κ3) is 2.47. The minimum Gasteiger partial charge on any atom is -0.312 e. The lowest BCUT2D eigenvalue weighted by Crippen LogP contribution is -2.27. The van der Waals surface area contributed by atoms with E-state index in [0.29, 0.717) is 6.42 Å². The number of pyridine rings is 1. The predicted octanol–water partition coefficient (Wildman–Crippen LogP) is 2.94. The van der Waals surface area contributed by atoms with Crippen LogP contribution in [0.3, 0.4) is 0 Å². The second kappa shape index (κ2) is 5.79. The first-order valence-corrected chi connectivity index (χ1v) is 7.97. The van der Waals surface area contributed by atoms with Gasteiger partial charge in [-0.25, -0.2) is 0 Å². The maximum absolute atomic E-state index is 12.6. The van der Waals surface area contributed by atoms with Gasteiger partial charge in [0.2, 0.25) is 5.91 Å². The van der Waals surface area contributed by atoms with Gasteiger partial charge in [-0.2, -0.15) is 0 Å². The molecule has 1 aliphatic rings. The highest BCUT2D eigenvalue weighted by Gasteiger charge is 2.25. The van der Waals surface area contributed by atoms with Gasteiger partial charge in [-0.15, -0.1) is 0 Å². The van der Waals surface area contributed by atoms with Crippen LogP contribution in [0.4, 0.5) is 0 Å². The maximum Gasteiger partial charge on any atom is 0.236 e. The summed E-state index contributed by atoms with van der Waals surface area (Å²) in [6.07, 6.45) is 4.66. The highest BCUT2D eigenvalue weighted by Crippen LogP contribution is 2.34. The number of rotatable bonds is 2. The van der Waals surface area contributed by atoms with Gasteiger partial charge in [-0.1, -0.05) is 0 Å². The van der Waals surface area contributed by atoms with Crippen molar-refractivity contribution in [2.75, 3.05) is 6.54 Å². The molecule has 0 saturated carbocycles. The van der Waals surface area contributed by atoms with Crippen LogP contribution in [0, 0.1) is 0 Å². The topological polar surface area (TPSA) is 46.9 Å². The molecule has 0 unspecified atom stereocenters. The third-order valence-corrected chi connectivity index (χ3v) is 5.59. The fourth-order valence-corrected chi connectivity index (χ4v) is 3.68. The SMILES string of the molecule is O=C(Cc1ccncc1)n1c(Br)c(Br)c2c1CCNC2. The van der Waals surface area contributed by atoms with Crippen LogP contribution in [0.25, 0.3) is 0 Å². The van der Waals surface area contributed by atoms with E-state index in [2.05, 4.69) is 42.2 Å². The molecular weight excluding hydrogens is 386 g/mol. The highest BCUT2D eigenvalue weighted by atomic mass is 79.9. The number of nitrogens with one attached hydrogen (secondary N) is 1. The van der Waals surface area contributed by atoms with Gasteiger partial charge in [0, 0.05) is 43.2 Å². The molecule has 4 nitrogen and oxygen atoms in total. The van der Waals surface area contributed by atoms with Crippen LogP contribution in [0.1, 0.15) is 21.6 Å². The van der Waals surface area contributed by atoms with Crippen molar-refractivity contribution in [1.29, 1.82) is 0 Å². The van der Waals surface area contributed by atoms with Crippen LogP contribution < -0.4 is 5.32 Å². The first-order chi connectivity index (χ1) is 9.68. The summed E-state index contributed by atoms with van der Waals surface area (Å²) < 4.78 is 3.58. The summed E-state index contributed by atoms with van der Waals surface area (Å²) in [7, 11) is 0. The van der Waals surface area contributed by atoms with Gasteiger partial charge in [0.25, 0.3) is 0 Å². The lowest BCUT2D eigenvalue weighted by Gasteiger charge is -2.16. The Morgan fingerprint density at radius 3 is 2.85 bits per heavy atom. The summed E-state index contributed by atoms with van der Waals surface area (Å²) in [5, 5.41) is 3.33. The van der Waals surface area contributed by atoms with Crippen LogP contribution in [0.2, 0.25) is 0 Å². The van der Waals surface area contributed by atoms with Gasteiger partial charge in [0.1, 0.15) is 4.60 Å². The number of fused-ring (bicyclic) bond motifs is 1. The fourth-order valence-electron chi connectivity index (χ4n) is 2.48. The number of aromatic nitrogens is 2. The highest BCUT2D eigenvalue weighted by molar-refractivity contribution is 9.13. The summed E-state index contributed by atoms with van der Waals surface area (Å²) in [5.74, 6) is 0.0759. The van der Waals surface area contributed by atoms with Crippen molar-refractivity contribution in [2.45, 2.75) is 19.4 Å². The standard InChI is InChI=1S/C14H13Br2N3O/c15-13-10-8-18-6-3-11(10)19(14(13)16)12(20)7-9-1-4-17-5-2-9/h1-2,4-5,18H,3,6-8H2. The quantitative estimate of drug-likeness (QED) is 0.845. The molecule has 0 fully saturated rings. The molecule has 0 amide bonds. The predicted molar refractivity (Wildman–Crippen MR) is 83.8 cm³/mol. The van der Waals surface area contributed by atoms with Crippen molar-refractivity contribution in [2.24, 2.45) is 0 Å². The molecule has 0 radical (unpaired) electrons. The lowest BCUT2D eigenvalue weighted by molar-refractivity contribution is 0.0908. The molecule has 0 bridgehead atoms. The second-order valence-corrected chi connectivity index (χ2v) is 6.26. The number of halogens is 2. The van der Waals surface area contributed by atoms with Gasteiger partial charge < -0.3 is 5.32 Å². The summed E-state index contributed by atoms with van der Waals surface area (Å²) in [5.41, 5.74) is 3.25. The smallest absolute Gasteiger partial charge is 0.236 e. The number of hydrogen-bond acceptors (Lipinski definition) is 3. The zero-order chi connectivity index (χ0) is 14.1. The van der Waals surface area contributed by atoms with Crippen LogP contribution in [0.15, 0.2) is 33.6 Å². The molecule has 3 heterocycles. The maximum atomic E-state index is 12.6. The van der Waals surface area contributed by atoms with Crippen molar-refractivity contribution in [1.82, 2.24) is 14.9 Å². The third-order valence-electron chi connectivity index (χ3n) is 3.46. The Kier molecular flexibility index (Phi) is 4.05. The first kappa shape index (κ1) is 14.0. The van der Waals surface area contributed by atoms with E-state index >= 15 is 0 Å². The minimum absolute atomic E-state index is 0.0759. The molecule has 0 atom stereocenters. The Balaban J connectivity index is 1.96. The van der Waals surface area contributed by atoms with E-state index in [1.165, 1.54) is 5.56 Å². The van der Waals surface area contributed by atoms with Gasteiger partial charge in [0.05, 0.1) is 10.9 Å². The average molecular weight is 399 g/mol. The second-order valence-electron chi connectivity index (χ2n) is 4.72. The zero-order valence-corrected chi connectivity index (χ0v) is 13.9. The fraction of sp³-hybridized carbons (Fsp3) is 0.286. The van der Waals surface area contributed by atoms with Crippen LogP contribution in [-0.2, 0) is 19.4 Å². The normalized spacial score (nSPS) is 14.1. The number of nitrogens with zero attached hydrogens (tertiary/aromatic N) is 2. The molecule has 20 heavy (non-hydrogen) atoms. The molecule has 0 saturated heterocycles. The zero-order valence-electron chi connectivity index (χ0n) is 10.7. The molecule has 0 spiro atoms. The molecule has 2 aromatic heterocycles. The van der Waals surface area contributed by atoms with Gasteiger partial charge >= 0.3 is 0 Å². The van der Waals surface area contributed by atoms with E-state index < -0.39 is 0 Å². The molecule has 0 aliphatic carbocycles. The van der Waals surface area contributed by atoms with E-state index in [1.54, 1.807) is 17.0 Å². The Labute approximate surface area is 133 Å². The van der Waals surface area contributed by atoms with E-state index in [4.69, 9.17) is 0 Å². The summed E-state index contributed by atoms with van der Waals surface area (Å²) in [4.78, 5) is 16.6. The number of carbonyl (C=O) groups is 1. The molecule has 6 heteroatoms. The molecular formula is C14H13Br2N3O. The summed E-state index contributed by atoms with van der Waals surface area (Å²) in [6, 6.07) is 3.75. The van der Waals surface area contributed by atoms with E-state index in [-0.39, 0.29) is 5.91 Å². The number of carbonyl (C=O) groups excluding carboxylic acids is 1. The van der Waals surface area contributed by atoms with Crippen LogP contribution in [0.5, 0.6) is 0 Å². The van der Waals surface area contributed by atoms with Crippen molar-refractivity contribution >= 4 is 37.8 Å². The largest absolute Gasteiger partial charge is 0.312 e. The Bertz CT molecular complexity index is 652. The molecule has 1 N–H and O–H groups in total. The Morgan fingerprint density at radius 1 is 1.35 bits per heavy atom. The van der Waals surface area contributed by atoms with E-state index in [0.717, 1.165) is 39.8 Å². The number of hydrogen-bond donors (Lipinski definition) is 1. The van der Waals surface area contributed by atoms with Crippen LogP contribution >= 0.6 is 31.9 Å². The van der Waals surface area contributed by atoms with Gasteiger partial charge in [-0.05, 0) is 49.6 Å². The van der Waals surface area contributed by atoms with Crippen molar-refractivity contribution in [3.05, 3.63) is 50.4 Å². The molecule has 0 aromatic carbocycles. The van der Waals surface area contributed by atoms with E-state index in [1.807, 2.05) is 12.1 Å². The van der Waals surface area contributed by atoms with Crippen molar-refractivity contribution in [3.63, 3.8) is 0 Å². The first-order valence-electron chi connectivity index (χ1n) is 6.38. The lowest BCUT2D eigenvalue weighted by atomic mass is 10.1. The van der Waals surface area contributed by atoms with Crippen molar-refractivity contribution in [3.8, 4) is 0 Å². The molecule has 1 aliphatic heterocycles. The molecule has 2 aromatic rings. The molecule has 3 rings (SSSR count). The van der Waals surface area contributed by atoms with Gasteiger partial charge in [-0.3, -0.25) is 14.3 Å². The summed E-state index contributed by atoms with van der Waals surface area (Å²) in [6.45, 7) is 1.70. The summed E-state index contributed by atoms with van der Waals surface area (Å²) >= 11 is 7.10. The molecule has 104 valence electrons. The van der Waals surface area contributed by atoms with Crippen LogP contribution in [-0.4, -0.2) is 22.0 Å².